The summed E-state index contributed by atoms with van der Waals surface area (Å²) >= 11 is 7.65. The molecule has 2 heterocycles. The molecular weight excluding hydrogens is 472 g/mol. The molecule has 1 aliphatic rings. The number of carbonyl (C=O) groups is 1. The summed E-state index contributed by atoms with van der Waals surface area (Å²) in [6.07, 6.45) is 0. The van der Waals surface area contributed by atoms with Crippen molar-refractivity contribution in [3.05, 3.63) is 91.9 Å². The lowest BCUT2D eigenvalue weighted by atomic mass is 9.82. The zero-order valence-electron chi connectivity index (χ0n) is 19.3. The fourth-order valence-electron chi connectivity index (χ4n) is 3.94. The Bertz CT molecular complexity index is 1320. The highest BCUT2D eigenvalue weighted by Crippen LogP contribution is 2.40. The number of aromatic nitrogens is 2. The van der Waals surface area contributed by atoms with E-state index in [1.807, 2.05) is 67.5 Å². The smallest absolute Gasteiger partial charge is 0.336 e. The number of fused-ring (bicyclic) bond motifs is 1. The molecule has 1 aromatic heterocycles. The number of halogens is 1. The Morgan fingerprint density at radius 2 is 1.88 bits per heavy atom. The first kappa shape index (κ1) is 23.9. The highest BCUT2D eigenvalue weighted by Gasteiger charge is 2.36. The highest BCUT2D eigenvalue weighted by atomic mass is 35.5. The van der Waals surface area contributed by atoms with Crippen molar-refractivity contribution in [2.75, 3.05) is 31.4 Å². The van der Waals surface area contributed by atoms with Crippen LogP contribution in [0, 0.1) is 0 Å². The Balaban J connectivity index is 1.76. The van der Waals surface area contributed by atoms with E-state index in [1.54, 1.807) is 6.92 Å². The minimum atomic E-state index is -0.612. The average Bonchev–Trinajstić information content (AvgIpc) is 2.82. The lowest BCUT2D eigenvalue weighted by Gasteiger charge is -2.29. The van der Waals surface area contributed by atoms with Crippen LogP contribution in [0.4, 0.5) is 11.5 Å². The van der Waals surface area contributed by atoms with Crippen molar-refractivity contribution in [2.24, 2.45) is 0 Å². The number of hydrogen-bond acceptors (Lipinski definition) is 7. The van der Waals surface area contributed by atoms with E-state index >= 15 is 0 Å². The van der Waals surface area contributed by atoms with Gasteiger partial charge in [-0.3, -0.25) is 4.79 Å². The molecule has 1 atom stereocenters. The number of rotatable bonds is 6. The van der Waals surface area contributed by atoms with E-state index in [9.17, 15) is 9.59 Å². The number of thioether (sulfide) groups is 1. The van der Waals surface area contributed by atoms with Gasteiger partial charge < -0.3 is 19.9 Å². The van der Waals surface area contributed by atoms with Crippen molar-refractivity contribution in [3.63, 3.8) is 0 Å². The molecule has 0 radical (unpaired) electrons. The number of methoxy groups -OCH3 is 1. The zero-order chi connectivity index (χ0) is 24.4. The number of benzene rings is 2. The minimum Gasteiger partial charge on any atom is -0.466 e. The van der Waals surface area contributed by atoms with E-state index in [1.165, 1.54) is 18.9 Å². The first-order valence-electron chi connectivity index (χ1n) is 10.6. The third-order valence-electron chi connectivity index (χ3n) is 5.69. The normalized spacial score (nSPS) is 14.9. The number of anilines is 2. The maximum atomic E-state index is 13.3. The Morgan fingerprint density at radius 3 is 2.53 bits per heavy atom. The fraction of sp³-hybridized carbons (Fsp3) is 0.240. The van der Waals surface area contributed by atoms with Gasteiger partial charge in [0.2, 0.25) is 0 Å². The van der Waals surface area contributed by atoms with Crippen LogP contribution in [0.25, 0.3) is 0 Å². The molecule has 1 aliphatic heterocycles. The molecule has 0 saturated carbocycles. The van der Waals surface area contributed by atoms with E-state index in [2.05, 4.69) is 15.3 Å². The van der Waals surface area contributed by atoms with Crippen LogP contribution in [0.15, 0.2) is 69.8 Å². The third-order valence-corrected chi connectivity index (χ3v) is 6.98. The first-order valence-corrected chi connectivity index (χ1v) is 12.0. The third kappa shape index (κ3) is 4.69. The quantitative estimate of drug-likeness (QED) is 0.288. The fourth-order valence-corrected chi connectivity index (χ4v) is 5.09. The molecule has 2 aromatic carbocycles. The lowest BCUT2D eigenvalue weighted by Crippen LogP contribution is -2.31. The molecule has 0 spiro atoms. The largest absolute Gasteiger partial charge is 0.466 e. The summed E-state index contributed by atoms with van der Waals surface area (Å²) in [6, 6.07) is 15.3. The van der Waals surface area contributed by atoms with Crippen molar-refractivity contribution in [3.8, 4) is 0 Å². The van der Waals surface area contributed by atoms with Crippen LogP contribution < -0.4 is 15.8 Å². The van der Waals surface area contributed by atoms with Crippen LogP contribution in [-0.4, -0.2) is 37.1 Å². The number of carbonyl (C=O) groups excluding carboxylic acids is 1. The summed E-state index contributed by atoms with van der Waals surface area (Å²) in [6.45, 7) is 1.79. The van der Waals surface area contributed by atoms with Gasteiger partial charge in [0, 0.05) is 36.3 Å². The molecule has 2 N–H and O–H groups in total. The van der Waals surface area contributed by atoms with E-state index < -0.39 is 11.9 Å². The molecule has 7 nitrogen and oxygen atoms in total. The van der Waals surface area contributed by atoms with Gasteiger partial charge in [-0.25, -0.2) is 9.78 Å². The molecule has 9 heteroatoms. The second-order valence-electron chi connectivity index (χ2n) is 8.09. The number of H-pyrrole nitrogens is 1. The van der Waals surface area contributed by atoms with E-state index in [-0.39, 0.29) is 5.56 Å². The van der Waals surface area contributed by atoms with Crippen LogP contribution in [0.5, 0.6) is 0 Å². The summed E-state index contributed by atoms with van der Waals surface area (Å²) in [4.78, 5) is 35.6. The van der Waals surface area contributed by atoms with E-state index in [4.69, 9.17) is 16.3 Å². The van der Waals surface area contributed by atoms with Crippen molar-refractivity contribution in [1.29, 1.82) is 0 Å². The van der Waals surface area contributed by atoms with Gasteiger partial charge in [0.25, 0.3) is 5.56 Å². The van der Waals surface area contributed by atoms with Gasteiger partial charge >= 0.3 is 5.97 Å². The van der Waals surface area contributed by atoms with Gasteiger partial charge in [-0.15, -0.1) is 0 Å². The Morgan fingerprint density at radius 1 is 1.18 bits per heavy atom. The number of nitrogens with zero attached hydrogens (tertiary/aromatic N) is 2. The summed E-state index contributed by atoms with van der Waals surface area (Å²) in [5, 5.41) is 4.27. The Labute approximate surface area is 207 Å². The van der Waals surface area contributed by atoms with Crippen LogP contribution in [0.2, 0.25) is 5.02 Å². The van der Waals surface area contributed by atoms with Crippen molar-refractivity contribution in [1.82, 2.24) is 9.97 Å². The van der Waals surface area contributed by atoms with Gasteiger partial charge in [0.05, 0.1) is 24.2 Å². The van der Waals surface area contributed by atoms with Crippen molar-refractivity contribution in [2.45, 2.75) is 23.8 Å². The lowest BCUT2D eigenvalue weighted by molar-refractivity contribution is -0.136. The van der Waals surface area contributed by atoms with Crippen LogP contribution >= 0.6 is 23.4 Å². The zero-order valence-corrected chi connectivity index (χ0v) is 20.9. The molecule has 0 saturated heterocycles. The molecule has 176 valence electrons. The number of nitrogens with one attached hydrogen (secondary N) is 2. The average molecular weight is 497 g/mol. The molecule has 4 rings (SSSR count). The predicted molar refractivity (Wildman–Crippen MR) is 137 cm³/mol. The summed E-state index contributed by atoms with van der Waals surface area (Å²) in [7, 11) is 5.24. The number of esters is 1. The van der Waals surface area contributed by atoms with Crippen molar-refractivity contribution >= 4 is 40.8 Å². The molecule has 34 heavy (non-hydrogen) atoms. The van der Waals surface area contributed by atoms with Gasteiger partial charge in [0.15, 0.2) is 5.16 Å². The van der Waals surface area contributed by atoms with E-state index in [0.717, 1.165) is 16.8 Å². The number of ether oxygens (including phenoxy) is 1. The van der Waals surface area contributed by atoms with Gasteiger partial charge in [0.1, 0.15) is 5.82 Å². The highest BCUT2D eigenvalue weighted by molar-refractivity contribution is 7.98. The van der Waals surface area contributed by atoms with Gasteiger partial charge in [-0.05, 0) is 36.2 Å². The second-order valence-corrected chi connectivity index (χ2v) is 9.46. The second kappa shape index (κ2) is 9.95. The van der Waals surface area contributed by atoms with Gasteiger partial charge in [-0.2, -0.15) is 0 Å². The maximum Gasteiger partial charge on any atom is 0.336 e. The first-order chi connectivity index (χ1) is 16.3. The molecule has 0 bridgehead atoms. The minimum absolute atomic E-state index is 0.310. The maximum absolute atomic E-state index is 13.3. The molecule has 0 amide bonds. The van der Waals surface area contributed by atoms with Gasteiger partial charge in [-0.1, -0.05) is 53.7 Å². The molecule has 0 aliphatic carbocycles. The van der Waals surface area contributed by atoms with Crippen LogP contribution in [0.1, 0.15) is 29.5 Å². The van der Waals surface area contributed by atoms with E-state index in [0.29, 0.717) is 38.6 Å². The van der Waals surface area contributed by atoms with Crippen molar-refractivity contribution < 1.29 is 9.53 Å². The number of allylic oxidation sites excluding steroid dienone is 1. The topological polar surface area (TPSA) is 87.3 Å². The summed E-state index contributed by atoms with van der Waals surface area (Å²) in [5.41, 5.74) is 3.82. The summed E-state index contributed by atoms with van der Waals surface area (Å²) in [5.74, 6) is -0.121. The molecule has 3 aromatic rings. The molecular formula is C25H25ClN4O3S. The summed E-state index contributed by atoms with van der Waals surface area (Å²) < 4.78 is 5.06. The standard InChI is InChI=1S/C25H25ClN4O3S/c1-14-19(24(32)33-4)20(15-9-11-17(12-10-15)30(2)3)21-22(27-14)28-25(29-23(21)31)34-13-16-7-5-6-8-18(16)26/h5-12,20H,13H2,1-4H3,(H2,27,28,29,31). The SMILES string of the molecule is COC(=O)C1=C(C)Nc2nc(SCc3ccccc3Cl)[nH]c(=O)c2C1c1ccc(N(C)C)cc1. The van der Waals surface area contributed by atoms with Crippen LogP contribution in [0.3, 0.4) is 0 Å². The Kier molecular flexibility index (Phi) is 7.00. The monoisotopic (exact) mass is 496 g/mol. The number of hydrogen-bond donors (Lipinski definition) is 2. The molecule has 0 fully saturated rings. The number of aromatic amines is 1. The van der Waals surface area contributed by atoms with Crippen LogP contribution in [-0.2, 0) is 15.3 Å². The predicted octanol–water partition coefficient (Wildman–Crippen LogP) is 4.79. The Hall–Kier alpha value is -3.23. The molecule has 1 unspecified atom stereocenters.